The van der Waals surface area contributed by atoms with E-state index in [0.29, 0.717) is 12.0 Å². The highest BCUT2D eigenvalue weighted by Crippen LogP contribution is 2.29. The summed E-state index contributed by atoms with van der Waals surface area (Å²) in [7, 11) is -3.97. The minimum Gasteiger partial charge on any atom is -0.463 e. The Balaban J connectivity index is 2.37. The number of aryl methyl sites for hydroxylation is 1. The number of nitrogens with one attached hydrogen (secondary N) is 2. The van der Waals surface area contributed by atoms with Crippen LogP contribution in [0.3, 0.4) is 0 Å². The third kappa shape index (κ3) is 6.51. The number of ether oxygens (including phenoxy) is 3. The van der Waals surface area contributed by atoms with Crippen molar-refractivity contribution in [1.29, 1.82) is 0 Å². The Bertz CT molecular complexity index is 914. The normalized spacial score (nSPS) is 24.1. The number of aromatic nitrogens is 2. The van der Waals surface area contributed by atoms with Gasteiger partial charge in [0, 0.05) is 25.6 Å². The monoisotopic (exact) mass is 433 g/mol. The lowest BCUT2D eigenvalue weighted by molar-refractivity contribution is -0.151. The van der Waals surface area contributed by atoms with Crippen molar-refractivity contribution < 1.29 is 36.4 Å². The second kappa shape index (κ2) is 9.33. The zero-order valence-electron chi connectivity index (χ0n) is 16.3. The molecule has 0 aromatic carbocycles. The summed E-state index contributed by atoms with van der Waals surface area (Å²) in [5, 5.41) is 2.84. The van der Waals surface area contributed by atoms with Crippen molar-refractivity contribution in [2.24, 2.45) is 0 Å². The lowest BCUT2D eigenvalue weighted by Crippen LogP contribution is -2.43. The zero-order valence-corrected chi connectivity index (χ0v) is 17.1. The fraction of sp³-hybridized carbons (Fsp3) is 0.625. The number of carbonyl (C=O) groups excluding carboxylic acids is 2. The van der Waals surface area contributed by atoms with Gasteiger partial charge in [-0.15, -0.1) is 0 Å². The van der Waals surface area contributed by atoms with E-state index in [1.165, 1.54) is 13.1 Å². The van der Waals surface area contributed by atoms with Crippen LogP contribution in [0.5, 0.6) is 0 Å². The van der Waals surface area contributed by atoms with Crippen LogP contribution in [-0.4, -0.2) is 67.7 Å². The molecule has 0 radical (unpaired) electrons. The van der Waals surface area contributed by atoms with Crippen LogP contribution in [-0.2, 0) is 44.5 Å². The van der Waals surface area contributed by atoms with E-state index in [4.69, 9.17) is 18.4 Å². The number of aromatic amines is 1. The van der Waals surface area contributed by atoms with Gasteiger partial charge in [-0.2, -0.15) is 13.4 Å². The molecule has 1 aromatic rings. The Labute approximate surface area is 167 Å². The van der Waals surface area contributed by atoms with E-state index < -0.39 is 52.3 Å². The van der Waals surface area contributed by atoms with Crippen molar-refractivity contribution in [3.63, 3.8) is 0 Å². The maximum absolute atomic E-state index is 11.7. The van der Waals surface area contributed by atoms with E-state index in [0.717, 1.165) is 13.2 Å². The van der Waals surface area contributed by atoms with Crippen LogP contribution in [0.15, 0.2) is 11.0 Å². The van der Waals surface area contributed by atoms with E-state index in [1.54, 1.807) is 0 Å². The highest BCUT2D eigenvalue weighted by atomic mass is 32.2. The summed E-state index contributed by atoms with van der Waals surface area (Å²) in [6.45, 7) is 3.80. The summed E-state index contributed by atoms with van der Waals surface area (Å²) in [5.41, 5.74) is 0.0194. The van der Waals surface area contributed by atoms with Gasteiger partial charge >= 0.3 is 17.6 Å². The first-order chi connectivity index (χ1) is 13.5. The molecule has 162 valence electrons. The van der Waals surface area contributed by atoms with E-state index in [-0.39, 0.29) is 12.4 Å². The first kappa shape index (κ1) is 22.8. The van der Waals surface area contributed by atoms with Crippen molar-refractivity contribution >= 4 is 27.9 Å². The number of carbonyl (C=O) groups is 2. The van der Waals surface area contributed by atoms with E-state index in [9.17, 15) is 22.8 Å². The van der Waals surface area contributed by atoms with Gasteiger partial charge in [-0.05, 0) is 6.42 Å². The molecule has 2 rings (SSSR count). The van der Waals surface area contributed by atoms with Crippen LogP contribution < -0.4 is 11.0 Å². The summed E-state index contributed by atoms with van der Waals surface area (Å²) in [6, 6.07) is 0. The average Bonchev–Trinajstić information content (AvgIpc) is 2.88. The second-order valence-electron chi connectivity index (χ2n) is 6.31. The summed E-state index contributed by atoms with van der Waals surface area (Å²) < 4.78 is 44.3. The van der Waals surface area contributed by atoms with Crippen molar-refractivity contribution in [3.05, 3.63) is 22.2 Å². The molecule has 1 aliphatic rings. The third-order valence-corrected chi connectivity index (χ3v) is 4.47. The maximum atomic E-state index is 11.7. The molecule has 1 fully saturated rings. The van der Waals surface area contributed by atoms with Crippen molar-refractivity contribution in [2.45, 2.75) is 51.7 Å². The molecule has 0 saturated carbocycles. The highest BCUT2D eigenvalue weighted by Gasteiger charge is 2.50. The van der Waals surface area contributed by atoms with Gasteiger partial charge < -0.3 is 24.5 Å². The maximum Gasteiger partial charge on any atom is 0.346 e. The summed E-state index contributed by atoms with van der Waals surface area (Å²) in [5.74, 6) is -1.16. The number of anilines is 1. The summed E-state index contributed by atoms with van der Waals surface area (Å²) in [4.78, 5) is 40.6. The molecule has 1 saturated heterocycles. The van der Waals surface area contributed by atoms with Crippen molar-refractivity contribution in [3.8, 4) is 0 Å². The molecular formula is C16H23N3O9S. The molecule has 12 nitrogen and oxygen atoms in total. The number of H-pyrrole nitrogens is 1. The van der Waals surface area contributed by atoms with Gasteiger partial charge in [-0.1, -0.05) is 6.92 Å². The first-order valence-electron chi connectivity index (χ1n) is 8.69. The molecule has 0 bridgehead atoms. The number of esters is 2. The van der Waals surface area contributed by atoms with Crippen LogP contribution in [0.2, 0.25) is 0 Å². The average molecular weight is 433 g/mol. The fourth-order valence-corrected chi connectivity index (χ4v) is 3.41. The summed E-state index contributed by atoms with van der Waals surface area (Å²) >= 11 is 0. The predicted octanol–water partition coefficient (Wildman–Crippen LogP) is -0.691. The van der Waals surface area contributed by atoms with Gasteiger partial charge in [0.05, 0.1) is 6.26 Å². The minimum absolute atomic E-state index is 0.171. The second-order valence-corrected chi connectivity index (χ2v) is 7.91. The molecule has 0 aliphatic carbocycles. The van der Waals surface area contributed by atoms with Crippen LogP contribution in [0.25, 0.3) is 0 Å². The Morgan fingerprint density at radius 1 is 1.28 bits per heavy atom. The van der Waals surface area contributed by atoms with Crippen LogP contribution in [0.4, 0.5) is 5.82 Å². The van der Waals surface area contributed by atoms with E-state index in [1.807, 2.05) is 6.92 Å². The molecule has 13 heteroatoms. The number of hydrogen-bond donors (Lipinski definition) is 2. The van der Waals surface area contributed by atoms with Gasteiger partial charge in [0.2, 0.25) is 0 Å². The van der Waals surface area contributed by atoms with Crippen LogP contribution in [0.1, 0.15) is 26.3 Å². The van der Waals surface area contributed by atoms with E-state index in [2.05, 4.69) is 15.3 Å². The van der Waals surface area contributed by atoms with Gasteiger partial charge in [-0.3, -0.25) is 13.8 Å². The Morgan fingerprint density at radius 2 is 1.97 bits per heavy atom. The number of nitrogens with zero attached hydrogens (tertiary/aromatic N) is 1. The molecular weight excluding hydrogens is 410 g/mol. The smallest absolute Gasteiger partial charge is 0.346 e. The van der Waals surface area contributed by atoms with Crippen LogP contribution >= 0.6 is 0 Å². The van der Waals surface area contributed by atoms with Gasteiger partial charge in [0.25, 0.3) is 10.1 Å². The molecule has 0 unspecified atom stereocenters. The molecule has 1 aromatic heterocycles. The standard InChI is InChI=1S/C16H23N3O9S/c1-5-10-6-17-16(22)19-14(10)18-15-13(26-9(3)21)12(28-29(4,23)24)11(27-15)7-25-8(2)20/h6,11-13,15H,5,7H2,1-4H3,(H2,17,18,19,22)/t11-,12+,13-,15-/m1/s1. The molecule has 2 heterocycles. The lowest BCUT2D eigenvalue weighted by atomic mass is 10.1. The lowest BCUT2D eigenvalue weighted by Gasteiger charge is -2.23. The molecule has 0 amide bonds. The largest absolute Gasteiger partial charge is 0.463 e. The van der Waals surface area contributed by atoms with Gasteiger partial charge in [0.1, 0.15) is 24.6 Å². The summed E-state index contributed by atoms with van der Waals surface area (Å²) in [6.07, 6.45) is -1.90. The molecule has 1 aliphatic heterocycles. The number of rotatable bonds is 8. The molecule has 2 N–H and O–H groups in total. The third-order valence-electron chi connectivity index (χ3n) is 3.90. The Kier molecular flexibility index (Phi) is 7.32. The predicted molar refractivity (Wildman–Crippen MR) is 98.4 cm³/mol. The fourth-order valence-electron chi connectivity index (χ4n) is 2.77. The quantitative estimate of drug-likeness (QED) is 0.394. The first-order valence-corrected chi connectivity index (χ1v) is 10.5. The zero-order chi connectivity index (χ0) is 21.8. The van der Waals surface area contributed by atoms with Gasteiger partial charge in [0.15, 0.2) is 12.3 Å². The topological polar surface area (TPSA) is 163 Å². The van der Waals surface area contributed by atoms with E-state index >= 15 is 0 Å². The SMILES string of the molecule is CCc1c[nH]c(=O)nc1N[C@@H]1O[C@H](COC(C)=O)[C@H](OS(C)(=O)=O)[C@H]1OC(C)=O. The number of hydrogen-bond acceptors (Lipinski definition) is 11. The Hall–Kier alpha value is -2.51. The highest BCUT2D eigenvalue weighted by molar-refractivity contribution is 7.86. The van der Waals surface area contributed by atoms with Crippen molar-refractivity contribution in [1.82, 2.24) is 9.97 Å². The molecule has 0 spiro atoms. The minimum atomic E-state index is -3.97. The van der Waals surface area contributed by atoms with Crippen LogP contribution in [0, 0.1) is 0 Å². The van der Waals surface area contributed by atoms with Crippen molar-refractivity contribution in [2.75, 3.05) is 18.2 Å². The molecule has 4 atom stereocenters. The molecule has 29 heavy (non-hydrogen) atoms. The Morgan fingerprint density at radius 3 is 2.52 bits per heavy atom. The van der Waals surface area contributed by atoms with Gasteiger partial charge in [-0.25, -0.2) is 4.79 Å².